The molecule has 0 bridgehead atoms. The highest BCUT2D eigenvalue weighted by Crippen LogP contribution is 2.36. The first-order chi connectivity index (χ1) is 8.34. The number of rotatable bonds is 1. The normalized spacial score (nSPS) is 22.8. The number of aryl methyl sites for hydroxylation is 1. The molecular formula is C16H17N. The first-order valence-electron chi connectivity index (χ1n) is 6.35. The van der Waals surface area contributed by atoms with E-state index in [-0.39, 0.29) is 0 Å². The molecule has 1 heterocycles. The summed E-state index contributed by atoms with van der Waals surface area (Å²) in [5, 5.41) is 0. The van der Waals surface area contributed by atoms with Crippen LogP contribution < -0.4 is 0 Å². The maximum atomic E-state index is 4.62. The van der Waals surface area contributed by atoms with Crippen LogP contribution in [0.1, 0.15) is 30.4 Å². The fraction of sp³-hybridized carbons (Fsp3) is 0.312. The van der Waals surface area contributed by atoms with Crippen molar-refractivity contribution in [2.24, 2.45) is 10.9 Å². The highest BCUT2D eigenvalue weighted by atomic mass is 14.8. The Kier molecular flexibility index (Phi) is 2.68. The lowest BCUT2D eigenvalue weighted by molar-refractivity contribution is 0.584. The quantitative estimate of drug-likeness (QED) is 0.678. The number of hydrogen-bond donors (Lipinski definition) is 0. The summed E-state index contributed by atoms with van der Waals surface area (Å²) in [6.45, 7) is 2.12. The van der Waals surface area contributed by atoms with E-state index in [1.165, 1.54) is 35.2 Å². The maximum absolute atomic E-state index is 4.62. The molecule has 0 aromatic heterocycles. The second kappa shape index (κ2) is 4.33. The molecule has 86 valence electrons. The van der Waals surface area contributed by atoms with Gasteiger partial charge in [-0.25, -0.2) is 0 Å². The van der Waals surface area contributed by atoms with E-state index in [1.807, 2.05) is 0 Å². The summed E-state index contributed by atoms with van der Waals surface area (Å²) < 4.78 is 0. The van der Waals surface area contributed by atoms with Gasteiger partial charge < -0.3 is 0 Å². The molecule has 0 radical (unpaired) electrons. The Hall–Kier alpha value is -1.63. The first kappa shape index (κ1) is 10.5. The molecule has 1 aliphatic carbocycles. The molecule has 1 unspecified atom stereocenters. The zero-order chi connectivity index (χ0) is 11.7. The van der Waals surface area contributed by atoms with E-state index >= 15 is 0 Å². The summed E-state index contributed by atoms with van der Waals surface area (Å²) in [6, 6.07) is 8.68. The molecule has 1 aromatic carbocycles. The van der Waals surface area contributed by atoms with E-state index in [1.54, 1.807) is 0 Å². The van der Waals surface area contributed by atoms with Crippen LogP contribution in [0.2, 0.25) is 0 Å². The van der Waals surface area contributed by atoms with E-state index in [9.17, 15) is 0 Å². The minimum absolute atomic E-state index is 0.689. The molecule has 1 heteroatoms. The van der Waals surface area contributed by atoms with Gasteiger partial charge in [0.05, 0.1) is 5.70 Å². The minimum Gasteiger partial charge on any atom is -0.260 e. The molecule has 3 rings (SSSR count). The predicted molar refractivity (Wildman–Crippen MR) is 73.1 cm³/mol. The summed E-state index contributed by atoms with van der Waals surface area (Å²) in [5.74, 6) is 0.689. The van der Waals surface area contributed by atoms with Crippen molar-refractivity contribution in [3.8, 4) is 0 Å². The zero-order valence-corrected chi connectivity index (χ0v) is 10.2. The van der Waals surface area contributed by atoms with Crippen LogP contribution >= 0.6 is 0 Å². The van der Waals surface area contributed by atoms with E-state index in [0.29, 0.717) is 5.92 Å². The van der Waals surface area contributed by atoms with Gasteiger partial charge in [0.1, 0.15) is 0 Å². The maximum Gasteiger partial charge on any atom is 0.0732 e. The Morgan fingerprint density at radius 2 is 2.00 bits per heavy atom. The lowest BCUT2D eigenvalue weighted by Gasteiger charge is -2.25. The van der Waals surface area contributed by atoms with Gasteiger partial charge in [-0.05, 0) is 37.7 Å². The molecule has 0 amide bonds. The lowest BCUT2D eigenvalue weighted by Crippen LogP contribution is -2.12. The Morgan fingerprint density at radius 3 is 2.82 bits per heavy atom. The Morgan fingerprint density at radius 1 is 1.18 bits per heavy atom. The van der Waals surface area contributed by atoms with Gasteiger partial charge in [-0.2, -0.15) is 0 Å². The van der Waals surface area contributed by atoms with Crippen molar-refractivity contribution < 1.29 is 0 Å². The average molecular weight is 223 g/mol. The number of aliphatic imine (C=N–C) groups is 1. The monoisotopic (exact) mass is 223 g/mol. The van der Waals surface area contributed by atoms with Gasteiger partial charge in [0, 0.05) is 11.8 Å². The van der Waals surface area contributed by atoms with Crippen molar-refractivity contribution >= 4 is 11.9 Å². The molecule has 0 saturated heterocycles. The van der Waals surface area contributed by atoms with Crippen LogP contribution in [0.4, 0.5) is 0 Å². The van der Waals surface area contributed by atoms with Crippen LogP contribution in [-0.4, -0.2) is 6.21 Å². The van der Waals surface area contributed by atoms with E-state index in [2.05, 4.69) is 54.5 Å². The molecule has 2 aliphatic rings. The van der Waals surface area contributed by atoms with Crippen molar-refractivity contribution in [3.63, 3.8) is 0 Å². The molecule has 0 spiro atoms. The summed E-state index contributed by atoms with van der Waals surface area (Å²) >= 11 is 0. The highest BCUT2D eigenvalue weighted by molar-refractivity contribution is 5.81. The van der Waals surface area contributed by atoms with Gasteiger partial charge in [0.2, 0.25) is 0 Å². The zero-order valence-electron chi connectivity index (χ0n) is 10.2. The van der Waals surface area contributed by atoms with Crippen LogP contribution in [0.25, 0.3) is 5.70 Å². The number of benzene rings is 1. The fourth-order valence-corrected chi connectivity index (χ4v) is 2.61. The highest BCUT2D eigenvalue weighted by Gasteiger charge is 2.21. The second-order valence-electron chi connectivity index (χ2n) is 4.89. The summed E-state index contributed by atoms with van der Waals surface area (Å²) in [5.41, 5.74) is 5.16. The molecule has 17 heavy (non-hydrogen) atoms. The smallest absolute Gasteiger partial charge is 0.0732 e. The minimum atomic E-state index is 0.689. The van der Waals surface area contributed by atoms with Gasteiger partial charge in [-0.1, -0.05) is 42.0 Å². The third-order valence-corrected chi connectivity index (χ3v) is 3.63. The van der Waals surface area contributed by atoms with Gasteiger partial charge >= 0.3 is 0 Å². The molecule has 1 atom stereocenters. The van der Waals surface area contributed by atoms with Crippen molar-refractivity contribution in [1.29, 1.82) is 0 Å². The third kappa shape index (κ3) is 1.97. The van der Waals surface area contributed by atoms with Gasteiger partial charge in [0.15, 0.2) is 0 Å². The molecule has 1 aliphatic heterocycles. The molecule has 0 fully saturated rings. The SMILES string of the molecule is Cc1ccc(C2=C3C=CCCC3CC=N2)cc1. The third-order valence-electron chi connectivity index (χ3n) is 3.63. The fourth-order valence-electron chi connectivity index (χ4n) is 2.61. The predicted octanol–water partition coefficient (Wildman–Crippen LogP) is 4.15. The van der Waals surface area contributed by atoms with E-state index in [4.69, 9.17) is 0 Å². The first-order valence-corrected chi connectivity index (χ1v) is 6.35. The van der Waals surface area contributed by atoms with Crippen LogP contribution in [0, 0.1) is 12.8 Å². The largest absolute Gasteiger partial charge is 0.260 e. The molecule has 0 N–H and O–H groups in total. The molecule has 1 nitrogen and oxygen atoms in total. The van der Waals surface area contributed by atoms with Crippen molar-refractivity contribution in [3.05, 3.63) is 53.1 Å². The Labute approximate surface area is 103 Å². The lowest BCUT2D eigenvalue weighted by atomic mass is 9.83. The number of nitrogens with zero attached hydrogens (tertiary/aromatic N) is 1. The summed E-state index contributed by atoms with van der Waals surface area (Å²) in [4.78, 5) is 4.62. The summed E-state index contributed by atoms with van der Waals surface area (Å²) in [6.07, 6.45) is 10.2. The topological polar surface area (TPSA) is 12.4 Å². The second-order valence-corrected chi connectivity index (χ2v) is 4.89. The number of fused-ring (bicyclic) bond motifs is 1. The van der Waals surface area contributed by atoms with E-state index < -0.39 is 0 Å². The van der Waals surface area contributed by atoms with Crippen LogP contribution in [0.5, 0.6) is 0 Å². The summed E-state index contributed by atoms with van der Waals surface area (Å²) in [7, 11) is 0. The van der Waals surface area contributed by atoms with Crippen molar-refractivity contribution in [1.82, 2.24) is 0 Å². The van der Waals surface area contributed by atoms with Gasteiger partial charge in [-0.3, -0.25) is 4.99 Å². The van der Waals surface area contributed by atoms with Crippen LogP contribution in [0.15, 0.2) is 47.0 Å². The Balaban J connectivity index is 2.08. The molecule has 1 aromatic rings. The van der Waals surface area contributed by atoms with Crippen LogP contribution in [0.3, 0.4) is 0 Å². The van der Waals surface area contributed by atoms with Gasteiger partial charge in [0.25, 0.3) is 0 Å². The van der Waals surface area contributed by atoms with Crippen LogP contribution in [-0.2, 0) is 0 Å². The molecular weight excluding hydrogens is 206 g/mol. The average Bonchev–Trinajstić information content (AvgIpc) is 2.39. The van der Waals surface area contributed by atoms with Crippen molar-refractivity contribution in [2.75, 3.05) is 0 Å². The number of allylic oxidation sites excluding steroid dienone is 3. The standard InChI is InChI=1S/C16H17N/c1-12-6-8-14(9-7-12)16-15-5-3-2-4-13(15)10-11-17-16/h3,5-9,11,13H,2,4,10H2,1H3. The van der Waals surface area contributed by atoms with E-state index in [0.717, 1.165) is 6.42 Å². The number of hydrogen-bond acceptors (Lipinski definition) is 1. The Bertz CT molecular complexity index is 503. The molecule has 0 saturated carbocycles. The van der Waals surface area contributed by atoms with Crippen molar-refractivity contribution in [2.45, 2.75) is 26.2 Å². The van der Waals surface area contributed by atoms with Gasteiger partial charge in [-0.15, -0.1) is 0 Å².